The number of methoxy groups -OCH3 is 1. The van der Waals surface area contributed by atoms with Gasteiger partial charge in [-0.15, -0.1) is 0 Å². The summed E-state index contributed by atoms with van der Waals surface area (Å²) in [5.41, 5.74) is 1.77. The number of nitrogens with zero attached hydrogens (tertiary/aromatic N) is 1. The van der Waals surface area contributed by atoms with Gasteiger partial charge in [0.05, 0.1) is 24.2 Å². The van der Waals surface area contributed by atoms with E-state index < -0.39 is 0 Å². The lowest BCUT2D eigenvalue weighted by atomic mass is 10.2. The quantitative estimate of drug-likeness (QED) is 0.451. The molecule has 1 heterocycles. The number of rotatable bonds is 7. The maximum Gasteiger partial charge on any atom is 0.251 e. The van der Waals surface area contributed by atoms with Gasteiger partial charge in [0.15, 0.2) is 5.16 Å². The van der Waals surface area contributed by atoms with E-state index in [0.29, 0.717) is 33.1 Å². The molecule has 3 rings (SSSR count). The van der Waals surface area contributed by atoms with E-state index in [4.69, 9.17) is 16.3 Å². The van der Waals surface area contributed by atoms with Gasteiger partial charge in [0, 0.05) is 17.5 Å². The Balaban J connectivity index is 1.64. The number of carbonyl (C=O) groups excluding carboxylic acids is 1. The van der Waals surface area contributed by atoms with Crippen molar-refractivity contribution in [1.29, 1.82) is 0 Å². The summed E-state index contributed by atoms with van der Waals surface area (Å²) in [5, 5.41) is 3.62. The summed E-state index contributed by atoms with van der Waals surface area (Å²) in [4.78, 5) is 31.3. The molecule has 0 aliphatic rings. The Labute approximate surface area is 171 Å². The van der Waals surface area contributed by atoms with E-state index in [0.717, 1.165) is 5.56 Å². The standard InChI is InChI=1S/C20H18ClN3O3S/c1-27-17-8-7-14(9-16(17)21)22-18(25)10-15-11-19(26)24-20(23-15)28-12-13-5-3-2-4-6-13/h2-9,11H,10,12H2,1H3,(H,22,25)(H,23,24,26). The number of aromatic nitrogens is 2. The summed E-state index contributed by atoms with van der Waals surface area (Å²) in [6.45, 7) is 0. The molecule has 0 aliphatic carbocycles. The number of ether oxygens (including phenoxy) is 1. The second-order valence-corrected chi connectivity index (χ2v) is 7.26. The van der Waals surface area contributed by atoms with E-state index in [2.05, 4.69) is 15.3 Å². The molecule has 2 aromatic carbocycles. The number of nitrogens with one attached hydrogen (secondary N) is 2. The van der Waals surface area contributed by atoms with Gasteiger partial charge in [0.1, 0.15) is 5.75 Å². The molecule has 8 heteroatoms. The molecule has 0 fully saturated rings. The highest BCUT2D eigenvalue weighted by molar-refractivity contribution is 7.98. The van der Waals surface area contributed by atoms with Gasteiger partial charge in [-0.3, -0.25) is 9.59 Å². The number of aromatic amines is 1. The summed E-state index contributed by atoms with van der Waals surface area (Å²) in [6.07, 6.45) is -0.0214. The Morgan fingerprint density at radius 2 is 2.00 bits per heavy atom. The number of thioether (sulfide) groups is 1. The van der Waals surface area contributed by atoms with E-state index in [-0.39, 0.29) is 17.9 Å². The highest BCUT2D eigenvalue weighted by Crippen LogP contribution is 2.27. The van der Waals surface area contributed by atoms with E-state index in [9.17, 15) is 9.59 Å². The smallest absolute Gasteiger partial charge is 0.251 e. The molecule has 0 bridgehead atoms. The number of hydrogen-bond acceptors (Lipinski definition) is 5. The van der Waals surface area contributed by atoms with Crippen molar-refractivity contribution < 1.29 is 9.53 Å². The first kappa shape index (κ1) is 20.0. The lowest BCUT2D eigenvalue weighted by Crippen LogP contribution is -2.18. The number of amides is 1. The molecule has 28 heavy (non-hydrogen) atoms. The molecule has 1 amide bonds. The largest absolute Gasteiger partial charge is 0.495 e. The molecular weight excluding hydrogens is 398 g/mol. The van der Waals surface area contributed by atoms with E-state index in [1.165, 1.54) is 24.9 Å². The maximum absolute atomic E-state index is 12.3. The number of halogens is 1. The average Bonchev–Trinajstić information content (AvgIpc) is 2.67. The number of anilines is 1. The molecule has 0 spiro atoms. The van der Waals surface area contributed by atoms with Crippen molar-refractivity contribution in [2.75, 3.05) is 12.4 Å². The zero-order valence-electron chi connectivity index (χ0n) is 15.1. The van der Waals surface area contributed by atoms with Crippen LogP contribution >= 0.6 is 23.4 Å². The Bertz CT molecular complexity index is 1020. The minimum absolute atomic E-state index is 0.0214. The highest BCUT2D eigenvalue weighted by Gasteiger charge is 2.10. The van der Waals surface area contributed by atoms with Crippen LogP contribution < -0.4 is 15.6 Å². The molecule has 144 valence electrons. The fourth-order valence-corrected chi connectivity index (χ4v) is 3.59. The fourth-order valence-electron chi connectivity index (χ4n) is 2.48. The Kier molecular flexibility index (Phi) is 6.73. The predicted octanol–water partition coefficient (Wildman–Crippen LogP) is 3.91. The first-order chi connectivity index (χ1) is 13.5. The van der Waals surface area contributed by atoms with Gasteiger partial charge in [-0.1, -0.05) is 53.7 Å². The molecule has 6 nitrogen and oxygen atoms in total. The molecule has 0 radical (unpaired) electrons. The van der Waals surface area contributed by atoms with Gasteiger partial charge in [-0.05, 0) is 23.8 Å². The second kappa shape index (κ2) is 9.43. The van der Waals surface area contributed by atoms with Gasteiger partial charge in [0.2, 0.25) is 5.91 Å². The third kappa shape index (κ3) is 5.61. The van der Waals surface area contributed by atoms with Crippen molar-refractivity contribution >= 4 is 35.0 Å². The van der Waals surface area contributed by atoms with Crippen LogP contribution in [0, 0.1) is 0 Å². The van der Waals surface area contributed by atoms with E-state index >= 15 is 0 Å². The number of H-pyrrole nitrogens is 1. The van der Waals surface area contributed by atoms with E-state index in [1.54, 1.807) is 18.2 Å². The summed E-state index contributed by atoms with van der Waals surface area (Å²) >= 11 is 7.47. The number of hydrogen-bond donors (Lipinski definition) is 2. The molecule has 3 aromatic rings. The Hall–Kier alpha value is -2.77. The van der Waals surface area contributed by atoms with Crippen LogP contribution in [0.25, 0.3) is 0 Å². The van der Waals surface area contributed by atoms with Crippen molar-refractivity contribution in [3.63, 3.8) is 0 Å². The summed E-state index contributed by atoms with van der Waals surface area (Å²) in [6, 6.07) is 16.2. The lowest BCUT2D eigenvalue weighted by molar-refractivity contribution is -0.115. The van der Waals surface area contributed by atoms with Crippen LogP contribution in [0.4, 0.5) is 5.69 Å². The van der Waals surface area contributed by atoms with Crippen LogP contribution in [0.5, 0.6) is 5.75 Å². The van der Waals surface area contributed by atoms with Crippen LogP contribution in [-0.4, -0.2) is 23.0 Å². The topological polar surface area (TPSA) is 84.1 Å². The molecule has 2 N–H and O–H groups in total. The van der Waals surface area contributed by atoms with Crippen LogP contribution in [-0.2, 0) is 17.0 Å². The van der Waals surface area contributed by atoms with Crippen LogP contribution in [0.2, 0.25) is 5.02 Å². The minimum Gasteiger partial charge on any atom is -0.495 e. The Morgan fingerprint density at radius 1 is 1.21 bits per heavy atom. The van der Waals surface area contributed by atoms with Crippen molar-refractivity contribution in [2.45, 2.75) is 17.3 Å². The first-order valence-electron chi connectivity index (χ1n) is 8.44. The third-order valence-electron chi connectivity index (χ3n) is 3.77. The van der Waals surface area contributed by atoms with Crippen LogP contribution in [0.15, 0.2) is 64.5 Å². The van der Waals surface area contributed by atoms with E-state index in [1.807, 2.05) is 30.3 Å². The monoisotopic (exact) mass is 415 g/mol. The van der Waals surface area contributed by atoms with Gasteiger partial charge in [-0.25, -0.2) is 4.98 Å². The van der Waals surface area contributed by atoms with Crippen LogP contribution in [0.1, 0.15) is 11.3 Å². The van der Waals surface area contributed by atoms with Gasteiger partial charge in [-0.2, -0.15) is 0 Å². The Morgan fingerprint density at radius 3 is 2.71 bits per heavy atom. The SMILES string of the molecule is COc1ccc(NC(=O)Cc2cc(=O)[nH]c(SCc3ccccc3)n2)cc1Cl. The molecule has 0 aliphatic heterocycles. The van der Waals surface area contributed by atoms with Crippen molar-refractivity contribution in [1.82, 2.24) is 9.97 Å². The summed E-state index contributed by atoms with van der Waals surface area (Å²) in [7, 11) is 1.52. The molecule has 0 saturated heterocycles. The number of benzene rings is 2. The summed E-state index contributed by atoms with van der Waals surface area (Å²) < 4.78 is 5.09. The zero-order chi connectivity index (χ0) is 19.9. The molecule has 0 saturated carbocycles. The van der Waals surface area contributed by atoms with Gasteiger partial charge < -0.3 is 15.0 Å². The van der Waals surface area contributed by atoms with Gasteiger partial charge >= 0.3 is 0 Å². The highest BCUT2D eigenvalue weighted by atomic mass is 35.5. The van der Waals surface area contributed by atoms with Crippen LogP contribution in [0.3, 0.4) is 0 Å². The average molecular weight is 416 g/mol. The molecular formula is C20H18ClN3O3S. The molecule has 0 unspecified atom stereocenters. The predicted molar refractivity (Wildman–Crippen MR) is 111 cm³/mol. The van der Waals surface area contributed by atoms with Crippen molar-refractivity contribution in [3.05, 3.63) is 81.2 Å². The zero-order valence-corrected chi connectivity index (χ0v) is 16.6. The number of carbonyl (C=O) groups is 1. The fraction of sp³-hybridized carbons (Fsp3) is 0.150. The first-order valence-corrected chi connectivity index (χ1v) is 9.80. The van der Waals surface area contributed by atoms with Crippen molar-refractivity contribution in [2.24, 2.45) is 0 Å². The second-order valence-electron chi connectivity index (χ2n) is 5.89. The molecule has 1 aromatic heterocycles. The minimum atomic E-state index is -0.293. The summed E-state index contributed by atoms with van der Waals surface area (Å²) in [5.74, 6) is 0.901. The lowest BCUT2D eigenvalue weighted by Gasteiger charge is -2.08. The van der Waals surface area contributed by atoms with Crippen molar-refractivity contribution in [3.8, 4) is 5.75 Å². The molecule has 0 atom stereocenters. The van der Waals surface area contributed by atoms with Gasteiger partial charge in [0.25, 0.3) is 5.56 Å². The normalized spacial score (nSPS) is 10.5. The maximum atomic E-state index is 12.3. The third-order valence-corrected chi connectivity index (χ3v) is 5.01.